The number of hydrogen-bond donors (Lipinski definition) is 1. The molecule has 0 bridgehead atoms. The van der Waals surface area contributed by atoms with Gasteiger partial charge in [-0.3, -0.25) is 0 Å². The molecule has 1 aromatic carbocycles. The van der Waals surface area contributed by atoms with Crippen molar-refractivity contribution in [3.05, 3.63) is 48.4 Å². The molecule has 70 valence electrons. The van der Waals surface area contributed by atoms with E-state index >= 15 is 0 Å². The van der Waals surface area contributed by atoms with Crippen molar-refractivity contribution in [3.8, 4) is 11.3 Å². The maximum absolute atomic E-state index is 5.61. The van der Waals surface area contributed by atoms with E-state index in [9.17, 15) is 0 Å². The van der Waals surface area contributed by atoms with Crippen molar-refractivity contribution in [2.24, 2.45) is 5.73 Å². The van der Waals surface area contributed by atoms with Gasteiger partial charge in [0.15, 0.2) is 0 Å². The third-order valence-electron chi connectivity index (χ3n) is 2.06. The van der Waals surface area contributed by atoms with Gasteiger partial charge in [0.05, 0.1) is 5.69 Å². The zero-order valence-electron chi connectivity index (χ0n) is 7.72. The molecule has 1 aromatic heterocycles. The maximum Gasteiger partial charge on any atom is 0.116 e. The van der Waals surface area contributed by atoms with Crippen LogP contribution >= 0.6 is 0 Å². The fraction of sp³-hybridized carbons (Fsp3) is 0.0909. The molecule has 0 aliphatic carbocycles. The highest BCUT2D eigenvalue weighted by Gasteiger charge is 2.03. The number of nitrogens with zero attached hydrogens (tertiary/aromatic N) is 2. The van der Waals surface area contributed by atoms with Crippen LogP contribution in [0.1, 0.15) is 5.56 Å². The SMILES string of the molecule is NCc1cncnc1-c1ccccc1. The Bertz CT molecular complexity index is 412. The Hall–Kier alpha value is -1.74. The molecule has 0 saturated heterocycles. The van der Waals surface area contributed by atoms with Gasteiger partial charge in [-0.05, 0) is 0 Å². The van der Waals surface area contributed by atoms with Crippen molar-refractivity contribution in [2.45, 2.75) is 6.54 Å². The summed E-state index contributed by atoms with van der Waals surface area (Å²) in [5.74, 6) is 0. The summed E-state index contributed by atoms with van der Waals surface area (Å²) >= 11 is 0. The molecular formula is C11H11N3. The Balaban J connectivity index is 2.51. The number of benzene rings is 1. The minimum Gasteiger partial charge on any atom is -0.326 e. The van der Waals surface area contributed by atoms with Crippen LogP contribution in [0.3, 0.4) is 0 Å². The highest BCUT2D eigenvalue weighted by molar-refractivity contribution is 5.62. The first-order valence-electron chi connectivity index (χ1n) is 4.46. The van der Waals surface area contributed by atoms with Gasteiger partial charge < -0.3 is 5.73 Å². The van der Waals surface area contributed by atoms with Crippen LogP contribution in [0.2, 0.25) is 0 Å². The second-order valence-electron chi connectivity index (χ2n) is 2.97. The second kappa shape index (κ2) is 3.98. The zero-order valence-corrected chi connectivity index (χ0v) is 7.72. The normalized spacial score (nSPS) is 10.1. The van der Waals surface area contributed by atoms with Crippen LogP contribution in [0.4, 0.5) is 0 Å². The molecule has 0 radical (unpaired) electrons. The van der Waals surface area contributed by atoms with Crippen LogP contribution in [0.25, 0.3) is 11.3 Å². The van der Waals surface area contributed by atoms with Gasteiger partial charge >= 0.3 is 0 Å². The predicted molar refractivity (Wildman–Crippen MR) is 55.4 cm³/mol. The molecule has 0 aliphatic heterocycles. The van der Waals surface area contributed by atoms with E-state index in [1.165, 1.54) is 0 Å². The monoisotopic (exact) mass is 185 g/mol. The quantitative estimate of drug-likeness (QED) is 0.773. The van der Waals surface area contributed by atoms with Crippen LogP contribution < -0.4 is 5.73 Å². The predicted octanol–water partition coefficient (Wildman–Crippen LogP) is 1.60. The second-order valence-corrected chi connectivity index (χ2v) is 2.97. The van der Waals surface area contributed by atoms with Gasteiger partial charge in [-0.15, -0.1) is 0 Å². The molecule has 0 atom stereocenters. The van der Waals surface area contributed by atoms with Crippen molar-refractivity contribution < 1.29 is 0 Å². The molecule has 0 unspecified atom stereocenters. The van der Waals surface area contributed by atoms with Crippen LogP contribution in [-0.2, 0) is 6.54 Å². The van der Waals surface area contributed by atoms with Crippen LogP contribution in [0, 0.1) is 0 Å². The molecule has 0 fully saturated rings. The lowest BCUT2D eigenvalue weighted by Gasteiger charge is -2.04. The fourth-order valence-corrected chi connectivity index (χ4v) is 1.36. The molecule has 14 heavy (non-hydrogen) atoms. The lowest BCUT2D eigenvalue weighted by Crippen LogP contribution is -2.01. The summed E-state index contributed by atoms with van der Waals surface area (Å²) in [7, 11) is 0. The fourth-order valence-electron chi connectivity index (χ4n) is 1.36. The van der Waals surface area contributed by atoms with Gasteiger partial charge in [0.25, 0.3) is 0 Å². The van der Waals surface area contributed by atoms with Crippen LogP contribution in [-0.4, -0.2) is 9.97 Å². The topological polar surface area (TPSA) is 51.8 Å². The zero-order chi connectivity index (χ0) is 9.80. The van der Waals surface area contributed by atoms with E-state index in [4.69, 9.17) is 5.73 Å². The van der Waals surface area contributed by atoms with E-state index in [1.54, 1.807) is 12.5 Å². The van der Waals surface area contributed by atoms with Crippen molar-refractivity contribution in [3.63, 3.8) is 0 Å². The summed E-state index contributed by atoms with van der Waals surface area (Å²) in [6.07, 6.45) is 3.30. The van der Waals surface area contributed by atoms with Gasteiger partial charge in [-0.1, -0.05) is 30.3 Å². The maximum atomic E-state index is 5.61. The van der Waals surface area contributed by atoms with Gasteiger partial charge in [0.2, 0.25) is 0 Å². The summed E-state index contributed by atoms with van der Waals surface area (Å²) in [6, 6.07) is 9.98. The number of aromatic nitrogens is 2. The lowest BCUT2D eigenvalue weighted by atomic mass is 10.1. The average molecular weight is 185 g/mol. The number of rotatable bonds is 2. The molecular weight excluding hydrogens is 174 g/mol. The molecule has 0 amide bonds. The molecule has 2 aromatic rings. The van der Waals surface area contributed by atoms with Gasteiger partial charge in [0, 0.05) is 23.9 Å². The van der Waals surface area contributed by atoms with E-state index in [0.717, 1.165) is 16.8 Å². The minimum absolute atomic E-state index is 0.463. The Morgan fingerprint density at radius 1 is 1.14 bits per heavy atom. The smallest absolute Gasteiger partial charge is 0.116 e. The molecule has 1 heterocycles. The molecule has 3 heteroatoms. The summed E-state index contributed by atoms with van der Waals surface area (Å²) in [6.45, 7) is 0.463. The van der Waals surface area contributed by atoms with E-state index in [-0.39, 0.29) is 0 Å². The molecule has 2 N–H and O–H groups in total. The van der Waals surface area contributed by atoms with Crippen molar-refractivity contribution >= 4 is 0 Å². The van der Waals surface area contributed by atoms with Crippen molar-refractivity contribution in [2.75, 3.05) is 0 Å². The van der Waals surface area contributed by atoms with Crippen molar-refractivity contribution in [1.29, 1.82) is 0 Å². The summed E-state index contributed by atoms with van der Waals surface area (Å²) in [5.41, 5.74) is 8.58. The first-order valence-corrected chi connectivity index (χ1v) is 4.46. The van der Waals surface area contributed by atoms with Gasteiger partial charge in [-0.25, -0.2) is 9.97 Å². The molecule has 3 nitrogen and oxygen atoms in total. The highest BCUT2D eigenvalue weighted by atomic mass is 14.8. The van der Waals surface area contributed by atoms with E-state index in [2.05, 4.69) is 9.97 Å². The minimum atomic E-state index is 0.463. The Labute approximate surface area is 82.6 Å². The Morgan fingerprint density at radius 2 is 1.93 bits per heavy atom. The average Bonchev–Trinajstić information content (AvgIpc) is 2.30. The van der Waals surface area contributed by atoms with E-state index in [0.29, 0.717) is 6.54 Å². The summed E-state index contributed by atoms with van der Waals surface area (Å²) in [4.78, 5) is 8.18. The third kappa shape index (κ3) is 1.63. The van der Waals surface area contributed by atoms with Gasteiger partial charge in [0.1, 0.15) is 6.33 Å². The summed E-state index contributed by atoms with van der Waals surface area (Å²) < 4.78 is 0. The summed E-state index contributed by atoms with van der Waals surface area (Å²) in [5, 5.41) is 0. The molecule has 2 rings (SSSR count). The molecule has 0 spiro atoms. The van der Waals surface area contributed by atoms with E-state index in [1.807, 2.05) is 30.3 Å². The highest BCUT2D eigenvalue weighted by Crippen LogP contribution is 2.18. The lowest BCUT2D eigenvalue weighted by molar-refractivity contribution is 1.01. The van der Waals surface area contributed by atoms with Gasteiger partial charge in [-0.2, -0.15) is 0 Å². The Morgan fingerprint density at radius 3 is 2.64 bits per heavy atom. The third-order valence-corrected chi connectivity index (χ3v) is 2.06. The largest absolute Gasteiger partial charge is 0.326 e. The first-order chi connectivity index (χ1) is 6.92. The Kier molecular flexibility index (Phi) is 2.51. The number of nitrogens with two attached hydrogens (primary N) is 1. The first kappa shape index (κ1) is 8.84. The standard InChI is InChI=1S/C11H11N3/c12-6-10-7-13-8-14-11(10)9-4-2-1-3-5-9/h1-5,7-8H,6,12H2. The van der Waals surface area contributed by atoms with Crippen LogP contribution in [0.5, 0.6) is 0 Å². The van der Waals surface area contributed by atoms with Crippen LogP contribution in [0.15, 0.2) is 42.9 Å². The number of hydrogen-bond acceptors (Lipinski definition) is 3. The molecule has 0 saturated carbocycles. The van der Waals surface area contributed by atoms with E-state index < -0.39 is 0 Å². The van der Waals surface area contributed by atoms with Crippen molar-refractivity contribution in [1.82, 2.24) is 9.97 Å². The molecule has 0 aliphatic rings.